The molecule has 0 saturated carbocycles. The molecule has 3 heterocycles. The van der Waals surface area contributed by atoms with Gasteiger partial charge in [0, 0.05) is 56.5 Å². The van der Waals surface area contributed by atoms with Gasteiger partial charge in [-0.25, -0.2) is 0 Å². The Kier molecular flexibility index (Phi) is 8.17. The molecule has 6 nitrogen and oxygen atoms in total. The molecule has 1 unspecified atom stereocenters. The van der Waals surface area contributed by atoms with E-state index in [0.717, 1.165) is 51.6 Å². The topological polar surface area (TPSA) is 57.5 Å². The first-order valence-electron chi connectivity index (χ1n) is 10.1. The van der Waals surface area contributed by atoms with Crippen molar-refractivity contribution in [3.8, 4) is 0 Å². The molecule has 2 aromatic rings. The number of piperidine rings is 1. The molecule has 2 N–H and O–H groups in total. The molecule has 3 rings (SSSR count). The first-order chi connectivity index (χ1) is 13.3. The van der Waals surface area contributed by atoms with E-state index >= 15 is 0 Å². The quantitative estimate of drug-likeness (QED) is 0.394. The van der Waals surface area contributed by atoms with E-state index in [1.54, 1.807) is 0 Å². The molecule has 148 valence electrons. The lowest BCUT2D eigenvalue weighted by Gasteiger charge is -2.31. The molecule has 2 aromatic heterocycles. The molecule has 1 saturated heterocycles. The maximum Gasteiger partial charge on any atom is 0.191 e. The summed E-state index contributed by atoms with van der Waals surface area (Å²) in [5.41, 5.74) is 0. The van der Waals surface area contributed by atoms with Crippen LogP contribution in [0.2, 0.25) is 0 Å². The fraction of sp³-hybridized carbons (Fsp3) is 0.600. The molecular formula is C20H32N6S. The van der Waals surface area contributed by atoms with Gasteiger partial charge >= 0.3 is 0 Å². The molecule has 1 atom stereocenters. The van der Waals surface area contributed by atoms with Crippen LogP contribution in [0.15, 0.2) is 41.0 Å². The van der Waals surface area contributed by atoms with Crippen LogP contribution < -0.4 is 10.6 Å². The highest BCUT2D eigenvalue weighted by molar-refractivity contribution is 7.09. The third-order valence-electron chi connectivity index (χ3n) is 4.83. The number of nitrogens with one attached hydrogen (secondary N) is 2. The summed E-state index contributed by atoms with van der Waals surface area (Å²) in [5.74, 6) is 1.59. The Bertz CT molecular complexity index is 652. The van der Waals surface area contributed by atoms with E-state index < -0.39 is 0 Å². The van der Waals surface area contributed by atoms with Crippen molar-refractivity contribution in [3.05, 3.63) is 40.8 Å². The second-order valence-corrected chi connectivity index (χ2v) is 8.12. The maximum absolute atomic E-state index is 4.85. The minimum atomic E-state index is 0.651. The van der Waals surface area contributed by atoms with E-state index in [0.29, 0.717) is 5.92 Å². The second kappa shape index (κ2) is 11.1. The molecule has 0 bridgehead atoms. The number of likely N-dealkylation sites (tertiary alicyclic amines) is 1. The van der Waals surface area contributed by atoms with Crippen molar-refractivity contribution in [2.75, 3.05) is 32.7 Å². The van der Waals surface area contributed by atoms with E-state index in [1.807, 2.05) is 34.5 Å². The van der Waals surface area contributed by atoms with Gasteiger partial charge in [-0.2, -0.15) is 5.10 Å². The van der Waals surface area contributed by atoms with Crippen LogP contribution in [0.5, 0.6) is 0 Å². The smallest absolute Gasteiger partial charge is 0.191 e. The number of aryl methyl sites for hydroxylation is 1. The van der Waals surface area contributed by atoms with Crippen molar-refractivity contribution in [1.29, 1.82) is 0 Å². The minimum Gasteiger partial charge on any atom is -0.357 e. The normalized spacial score (nSPS) is 18.6. The van der Waals surface area contributed by atoms with Crippen LogP contribution in [0.25, 0.3) is 0 Å². The van der Waals surface area contributed by atoms with Crippen LogP contribution >= 0.6 is 11.3 Å². The van der Waals surface area contributed by atoms with Crippen molar-refractivity contribution >= 4 is 17.3 Å². The Morgan fingerprint density at radius 3 is 3.11 bits per heavy atom. The number of rotatable bonds is 9. The summed E-state index contributed by atoms with van der Waals surface area (Å²) in [6.45, 7) is 9.19. The second-order valence-electron chi connectivity index (χ2n) is 7.09. The first-order valence-corrected chi connectivity index (χ1v) is 11.0. The number of thiophene rings is 1. The highest BCUT2D eigenvalue weighted by atomic mass is 32.1. The lowest BCUT2D eigenvalue weighted by molar-refractivity contribution is 0.172. The fourth-order valence-electron chi connectivity index (χ4n) is 3.51. The van der Waals surface area contributed by atoms with Gasteiger partial charge in [0.15, 0.2) is 5.96 Å². The predicted octanol–water partition coefficient (Wildman–Crippen LogP) is 2.80. The third-order valence-corrected chi connectivity index (χ3v) is 5.69. The standard InChI is InChI=1S/C20H32N6S/c1-2-21-20(22-9-5-12-26-13-6-10-24-26)23-15-18-7-3-11-25(16-18)17-19-8-4-14-27-19/h4,6,8,10,13-14,18H,2-3,5,7,9,11-12,15-17H2,1H3,(H2,21,22,23). The average molecular weight is 389 g/mol. The first kappa shape index (κ1) is 19.9. The lowest BCUT2D eigenvalue weighted by atomic mass is 9.98. The lowest BCUT2D eigenvalue weighted by Crippen LogP contribution is -2.40. The molecule has 0 radical (unpaired) electrons. The van der Waals surface area contributed by atoms with E-state index in [9.17, 15) is 0 Å². The van der Waals surface area contributed by atoms with Crippen molar-refractivity contribution in [1.82, 2.24) is 25.3 Å². The van der Waals surface area contributed by atoms with Crippen LogP contribution in [0.3, 0.4) is 0 Å². The number of hydrogen-bond acceptors (Lipinski definition) is 4. The van der Waals surface area contributed by atoms with E-state index in [4.69, 9.17) is 4.99 Å². The molecule has 1 fully saturated rings. The summed E-state index contributed by atoms with van der Waals surface area (Å²) in [4.78, 5) is 8.90. The summed E-state index contributed by atoms with van der Waals surface area (Å²) < 4.78 is 1.97. The third kappa shape index (κ3) is 6.99. The average Bonchev–Trinajstić information content (AvgIpc) is 3.37. The number of aromatic nitrogens is 2. The Morgan fingerprint density at radius 1 is 1.37 bits per heavy atom. The largest absolute Gasteiger partial charge is 0.357 e. The van der Waals surface area contributed by atoms with Gasteiger partial charge in [0.25, 0.3) is 0 Å². The van der Waals surface area contributed by atoms with E-state index in [1.165, 1.54) is 24.3 Å². The summed E-state index contributed by atoms with van der Waals surface area (Å²) in [6.07, 6.45) is 7.42. The zero-order valence-electron chi connectivity index (χ0n) is 16.3. The van der Waals surface area contributed by atoms with Crippen LogP contribution in [-0.2, 0) is 13.1 Å². The maximum atomic E-state index is 4.85. The SMILES string of the molecule is CCNC(=NCC1CCCN(Cc2cccs2)C1)NCCCn1cccn1. The molecule has 0 aromatic carbocycles. The van der Waals surface area contributed by atoms with Crippen LogP contribution in [-0.4, -0.2) is 53.4 Å². The van der Waals surface area contributed by atoms with Gasteiger partial charge in [0.1, 0.15) is 0 Å². The van der Waals surface area contributed by atoms with Gasteiger partial charge < -0.3 is 10.6 Å². The number of guanidine groups is 1. The molecule has 1 aliphatic heterocycles. The highest BCUT2D eigenvalue weighted by Crippen LogP contribution is 2.20. The molecular weight excluding hydrogens is 356 g/mol. The van der Waals surface area contributed by atoms with Gasteiger partial charge in [-0.1, -0.05) is 6.07 Å². The summed E-state index contributed by atoms with van der Waals surface area (Å²) in [7, 11) is 0. The van der Waals surface area contributed by atoms with Gasteiger partial charge in [-0.15, -0.1) is 11.3 Å². The van der Waals surface area contributed by atoms with Crippen LogP contribution in [0.1, 0.15) is 31.1 Å². The molecule has 1 aliphatic rings. The van der Waals surface area contributed by atoms with Crippen LogP contribution in [0.4, 0.5) is 0 Å². The van der Waals surface area contributed by atoms with Gasteiger partial charge in [-0.05, 0) is 56.2 Å². The Hall–Kier alpha value is -1.86. The minimum absolute atomic E-state index is 0.651. The molecule has 27 heavy (non-hydrogen) atoms. The number of aliphatic imine (C=N–C) groups is 1. The van der Waals surface area contributed by atoms with Crippen molar-refractivity contribution < 1.29 is 0 Å². The van der Waals surface area contributed by atoms with Crippen LogP contribution in [0, 0.1) is 5.92 Å². The number of hydrogen-bond donors (Lipinski definition) is 2. The zero-order valence-corrected chi connectivity index (χ0v) is 17.1. The zero-order chi connectivity index (χ0) is 18.7. The predicted molar refractivity (Wildman–Crippen MR) is 113 cm³/mol. The summed E-state index contributed by atoms with van der Waals surface area (Å²) >= 11 is 1.86. The Morgan fingerprint density at radius 2 is 2.33 bits per heavy atom. The van der Waals surface area contributed by atoms with Gasteiger partial charge in [0.2, 0.25) is 0 Å². The van der Waals surface area contributed by atoms with Crippen molar-refractivity contribution in [2.45, 2.75) is 39.3 Å². The van der Waals surface area contributed by atoms with Gasteiger partial charge in [-0.3, -0.25) is 14.6 Å². The Balaban J connectivity index is 1.41. The molecule has 0 aliphatic carbocycles. The Labute approximate surface area is 166 Å². The fourth-order valence-corrected chi connectivity index (χ4v) is 4.26. The van der Waals surface area contributed by atoms with Crippen molar-refractivity contribution in [3.63, 3.8) is 0 Å². The highest BCUT2D eigenvalue weighted by Gasteiger charge is 2.20. The molecule has 0 spiro atoms. The molecule has 0 amide bonds. The monoisotopic (exact) mass is 388 g/mol. The summed E-state index contributed by atoms with van der Waals surface area (Å²) in [5, 5.41) is 13.2. The van der Waals surface area contributed by atoms with Gasteiger partial charge in [0.05, 0.1) is 0 Å². The molecule has 7 heteroatoms. The van der Waals surface area contributed by atoms with E-state index in [-0.39, 0.29) is 0 Å². The number of nitrogens with zero attached hydrogens (tertiary/aromatic N) is 4. The van der Waals surface area contributed by atoms with E-state index in [2.05, 4.69) is 45.1 Å². The summed E-state index contributed by atoms with van der Waals surface area (Å²) in [6, 6.07) is 6.35. The van der Waals surface area contributed by atoms with Crippen molar-refractivity contribution in [2.24, 2.45) is 10.9 Å².